The summed E-state index contributed by atoms with van der Waals surface area (Å²) in [6, 6.07) is 7.68. The van der Waals surface area contributed by atoms with Gasteiger partial charge in [-0.05, 0) is 35.9 Å². The zero-order chi connectivity index (χ0) is 12.4. The van der Waals surface area contributed by atoms with Gasteiger partial charge in [0.15, 0.2) is 11.6 Å². The lowest BCUT2D eigenvalue weighted by atomic mass is 10.1. The van der Waals surface area contributed by atoms with Crippen molar-refractivity contribution in [3.8, 4) is 0 Å². The van der Waals surface area contributed by atoms with Crippen LogP contribution in [0.25, 0.3) is 6.08 Å². The van der Waals surface area contributed by atoms with E-state index in [1.54, 1.807) is 6.08 Å². The molecule has 1 aliphatic rings. The summed E-state index contributed by atoms with van der Waals surface area (Å²) in [5, 5.41) is 0. The molecular weight excluding hydrogens is 214 g/mol. The SMILES string of the molecule is CN(C)c1ccc(C=C2C(=O)C=CC2=O)cc1. The highest BCUT2D eigenvalue weighted by molar-refractivity contribution is 6.35. The molecule has 0 N–H and O–H groups in total. The van der Waals surface area contributed by atoms with Gasteiger partial charge in [0.05, 0.1) is 5.57 Å². The molecule has 0 aromatic heterocycles. The van der Waals surface area contributed by atoms with Crippen molar-refractivity contribution in [3.05, 3.63) is 47.6 Å². The van der Waals surface area contributed by atoms with Crippen LogP contribution >= 0.6 is 0 Å². The van der Waals surface area contributed by atoms with Gasteiger partial charge in [-0.3, -0.25) is 9.59 Å². The van der Waals surface area contributed by atoms with Crippen molar-refractivity contribution in [1.82, 2.24) is 0 Å². The summed E-state index contributed by atoms with van der Waals surface area (Å²) in [7, 11) is 3.92. The minimum Gasteiger partial charge on any atom is -0.378 e. The van der Waals surface area contributed by atoms with Crippen molar-refractivity contribution in [2.45, 2.75) is 0 Å². The second kappa shape index (κ2) is 4.37. The van der Waals surface area contributed by atoms with Gasteiger partial charge in [-0.2, -0.15) is 0 Å². The molecule has 0 heterocycles. The van der Waals surface area contributed by atoms with Crippen molar-refractivity contribution >= 4 is 23.3 Å². The van der Waals surface area contributed by atoms with Gasteiger partial charge in [0, 0.05) is 19.8 Å². The molecule has 0 bridgehead atoms. The van der Waals surface area contributed by atoms with Gasteiger partial charge in [0.2, 0.25) is 0 Å². The second-order valence-corrected chi connectivity index (χ2v) is 4.11. The summed E-state index contributed by atoms with van der Waals surface area (Å²) in [6.45, 7) is 0. The molecule has 1 aromatic carbocycles. The lowest BCUT2D eigenvalue weighted by Crippen LogP contribution is -2.08. The fraction of sp³-hybridized carbons (Fsp3) is 0.143. The molecule has 2 rings (SSSR count). The van der Waals surface area contributed by atoms with Crippen LogP contribution in [-0.4, -0.2) is 25.7 Å². The quantitative estimate of drug-likeness (QED) is 0.571. The summed E-state index contributed by atoms with van der Waals surface area (Å²) >= 11 is 0. The Kier molecular flexibility index (Phi) is 2.91. The van der Waals surface area contributed by atoms with Crippen molar-refractivity contribution in [3.63, 3.8) is 0 Å². The number of nitrogens with zero attached hydrogens (tertiary/aromatic N) is 1. The summed E-state index contributed by atoms with van der Waals surface area (Å²) < 4.78 is 0. The third kappa shape index (κ3) is 2.33. The molecule has 0 fully saturated rings. The maximum Gasteiger partial charge on any atom is 0.189 e. The fourth-order valence-electron chi connectivity index (χ4n) is 1.63. The Labute approximate surface area is 100 Å². The van der Waals surface area contributed by atoms with Gasteiger partial charge in [0.1, 0.15) is 0 Å². The van der Waals surface area contributed by atoms with Gasteiger partial charge in [-0.1, -0.05) is 12.1 Å². The number of carbonyl (C=O) groups is 2. The highest BCUT2D eigenvalue weighted by Gasteiger charge is 2.19. The number of rotatable bonds is 2. The molecule has 1 aromatic rings. The predicted octanol–water partition coefficient (Wildman–Crippen LogP) is 1.84. The number of benzene rings is 1. The van der Waals surface area contributed by atoms with E-state index in [0.29, 0.717) is 0 Å². The lowest BCUT2D eigenvalue weighted by molar-refractivity contribution is -0.115. The van der Waals surface area contributed by atoms with Gasteiger partial charge in [-0.15, -0.1) is 0 Å². The van der Waals surface area contributed by atoms with E-state index in [2.05, 4.69) is 0 Å². The summed E-state index contributed by atoms with van der Waals surface area (Å²) in [4.78, 5) is 24.8. The van der Waals surface area contributed by atoms with Crippen LogP contribution in [0.2, 0.25) is 0 Å². The van der Waals surface area contributed by atoms with E-state index in [1.165, 1.54) is 12.2 Å². The standard InChI is InChI=1S/C14H13NO2/c1-15(2)11-5-3-10(4-6-11)9-12-13(16)7-8-14(12)17/h3-9H,1-2H3. The number of carbonyl (C=O) groups excluding carboxylic acids is 2. The van der Waals surface area contributed by atoms with Crippen molar-refractivity contribution < 1.29 is 9.59 Å². The first kappa shape index (κ1) is 11.3. The van der Waals surface area contributed by atoms with Crippen LogP contribution in [0.1, 0.15) is 5.56 Å². The lowest BCUT2D eigenvalue weighted by Gasteiger charge is -2.11. The number of allylic oxidation sites excluding steroid dienone is 3. The fourth-order valence-corrected chi connectivity index (χ4v) is 1.63. The topological polar surface area (TPSA) is 37.4 Å². The molecule has 1 aliphatic carbocycles. The Hall–Kier alpha value is -2.16. The minimum atomic E-state index is -0.216. The molecule has 86 valence electrons. The first-order chi connectivity index (χ1) is 8.08. The molecule has 0 spiro atoms. The minimum absolute atomic E-state index is 0.216. The van der Waals surface area contributed by atoms with Crippen LogP contribution in [0, 0.1) is 0 Å². The van der Waals surface area contributed by atoms with Crippen LogP contribution in [0.15, 0.2) is 42.0 Å². The predicted molar refractivity (Wildman–Crippen MR) is 67.9 cm³/mol. The van der Waals surface area contributed by atoms with Crippen molar-refractivity contribution in [1.29, 1.82) is 0 Å². The van der Waals surface area contributed by atoms with Gasteiger partial charge < -0.3 is 4.90 Å². The molecule has 3 heteroatoms. The van der Waals surface area contributed by atoms with E-state index in [1.807, 2.05) is 43.3 Å². The van der Waals surface area contributed by atoms with Crippen molar-refractivity contribution in [2.75, 3.05) is 19.0 Å². The number of hydrogen-bond acceptors (Lipinski definition) is 3. The van der Waals surface area contributed by atoms with Crippen LogP contribution < -0.4 is 4.90 Å². The highest BCUT2D eigenvalue weighted by Crippen LogP contribution is 2.17. The maximum atomic E-state index is 11.4. The molecule has 0 aliphatic heterocycles. The molecule has 0 amide bonds. The Morgan fingerprint density at radius 2 is 1.47 bits per heavy atom. The molecule has 3 nitrogen and oxygen atoms in total. The molecule has 0 saturated carbocycles. The molecule has 0 atom stereocenters. The second-order valence-electron chi connectivity index (χ2n) is 4.11. The first-order valence-electron chi connectivity index (χ1n) is 5.34. The van der Waals surface area contributed by atoms with Crippen LogP contribution in [0.4, 0.5) is 5.69 Å². The third-order valence-corrected chi connectivity index (χ3v) is 2.64. The average molecular weight is 227 g/mol. The van der Waals surface area contributed by atoms with Gasteiger partial charge in [-0.25, -0.2) is 0 Å². The van der Waals surface area contributed by atoms with E-state index < -0.39 is 0 Å². The Morgan fingerprint density at radius 1 is 0.941 bits per heavy atom. The largest absolute Gasteiger partial charge is 0.378 e. The molecule has 0 saturated heterocycles. The molecule has 0 unspecified atom stereocenters. The van der Waals surface area contributed by atoms with Crippen LogP contribution in [-0.2, 0) is 9.59 Å². The van der Waals surface area contributed by atoms with E-state index in [0.717, 1.165) is 11.3 Å². The van der Waals surface area contributed by atoms with Crippen LogP contribution in [0.5, 0.6) is 0 Å². The molecular formula is C14H13NO2. The zero-order valence-corrected chi connectivity index (χ0v) is 9.81. The maximum absolute atomic E-state index is 11.4. The van der Waals surface area contributed by atoms with Crippen molar-refractivity contribution in [2.24, 2.45) is 0 Å². The normalized spacial score (nSPS) is 14.4. The molecule has 0 radical (unpaired) electrons. The average Bonchev–Trinajstić information content (AvgIpc) is 2.61. The van der Waals surface area contributed by atoms with E-state index in [9.17, 15) is 9.59 Å². The summed E-state index contributed by atoms with van der Waals surface area (Å²) in [6.07, 6.45) is 4.24. The van der Waals surface area contributed by atoms with Crippen LogP contribution in [0.3, 0.4) is 0 Å². The van der Waals surface area contributed by atoms with Gasteiger partial charge >= 0.3 is 0 Å². The highest BCUT2D eigenvalue weighted by atomic mass is 16.2. The Morgan fingerprint density at radius 3 is 1.94 bits per heavy atom. The number of anilines is 1. The van der Waals surface area contributed by atoms with Gasteiger partial charge in [0.25, 0.3) is 0 Å². The van der Waals surface area contributed by atoms with E-state index in [4.69, 9.17) is 0 Å². The smallest absolute Gasteiger partial charge is 0.189 e. The summed E-state index contributed by atoms with van der Waals surface area (Å²) in [5.74, 6) is -0.432. The molecule has 17 heavy (non-hydrogen) atoms. The Bertz CT molecular complexity index is 502. The monoisotopic (exact) mass is 227 g/mol. The van der Waals surface area contributed by atoms with E-state index in [-0.39, 0.29) is 17.1 Å². The summed E-state index contributed by atoms with van der Waals surface area (Å²) in [5.41, 5.74) is 2.17. The third-order valence-electron chi connectivity index (χ3n) is 2.64. The zero-order valence-electron chi connectivity index (χ0n) is 9.81. The number of hydrogen-bond donors (Lipinski definition) is 0. The first-order valence-corrected chi connectivity index (χ1v) is 5.34. The number of ketones is 2. The van der Waals surface area contributed by atoms with E-state index >= 15 is 0 Å². The Balaban J connectivity index is 2.28.